The number of carbonyl (C=O) groups is 2. The van der Waals surface area contributed by atoms with Crippen LogP contribution in [0.5, 0.6) is 11.5 Å². The fourth-order valence-corrected chi connectivity index (χ4v) is 2.25. The Morgan fingerprint density at radius 3 is 2.61 bits per heavy atom. The van der Waals surface area contributed by atoms with Crippen LogP contribution in [0.15, 0.2) is 59.6 Å². The molecular formula is C17H13BrO5. The van der Waals surface area contributed by atoms with Crippen LogP contribution in [0.2, 0.25) is 0 Å². The average molecular weight is 377 g/mol. The van der Waals surface area contributed by atoms with E-state index in [4.69, 9.17) is 14.6 Å². The number of aromatic carboxylic acids is 1. The first kappa shape index (κ1) is 16.8. The SMILES string of the molecule is C=CCOc1ccc(C(=O)Oc2cccc(C(=O)O)c2)cc1Br. The van der Waals surface area contributed by atoms with Crippen molar-refractivity contribution in [2.45, 2.75) is 0 Å². The molecule has 0 amide bonds. The Kier molecular flexibility index (Phi) is 5.54. The molecule has 0 aliphatic carbocycles. The summed E-state index contributed by atoms with van der Waals surface area (Å²) in [7, 11) is 0. The van der Waals surface area contributed by atoms with E-state index >= 15 is 0 Å². The summed E-state index contributed by atoms with van der Waals surface area (Å²) in [5, 5.41) is 8.93. The van der Waals surface area contributed by atoms with Crippen molar-refractivity contribution in [3.8, 4) is 11.5 Å². The minimum absolute atomic E-state index is 0.0460. The molecule has 2 aromatic carbocycles. The maximum Gasteiger partial charge on any atom is 0.343 e. The highest BCUT2D eigenvalue weighted by Gasteiger charge is 2.13. The third-order valence-electron chi connectivity index (χ3n) is 2.82. The molecule has 5 nitrogen and oxygen atoms in total. The van der Waals surface area contributed by atoms with Gasteiger partial charge in [-0.15, -0.1) is 0 Å². The van der Waals surface area contributed by atoms with Crippen LogP contribution in [-0.4, -0.2) is 23.7 Å². The third-order valence-corrected chi connectivity index (χ3v) is 3.44. The van der Waals surface area contributed by atoms with Gasteiger partial charge in [-0.3, -0.25) is 0 Å². The second-order valence-electron chi connectivity index (χ2n) is 4.47. The summed E-state index contributed by atoms with van der Waals surface area (Å²) >= 11 is 3.32. The zero-order chi connectivity index (χ0) is 16.8. The first-order chi connectivity index (χ1) is 11.0. The normalized spacial score (nSPS) is 9.96. The van der Waals surface area contributed by atoms with Crippen LogP contribution in [0.3, 0.4) is 0 Å². The number of ether oxygens (including phenoxy) is 2. The van der Waals surface area contributed by atoms with Crippen LogP contribution in [0.1, 0.15) is 20.7 Å². The smallest absolute Gasteiger partial charge is 0.343 e. The summed E-state index contributed by atoms with van der Waals surface area (Å²) in [6.07, 6.45) is 1.62. The van der Waals surface area contributed by atoms with Crippen LogP contribution in [-0.2, 0) is 0 Å². The van der Waals surface area contributed by atoms with E-state index in [2.05, 4.69) is 22.5 Å². The van der Waals surface area contributed by atoms with E-state index in [0.717, 1.165) is 0 Å². The summed E-state index contributed by atoms with van der Waals surface area (Å²) in [5.41, 5.74) is 0.355. The largest absolute Gasteiger partial charge is 0.488 e. The van der Waals surface area contributed by atoms with Crippen LogP contribution < -0.4 is 9.47 Å². The Bertz CT molecular complexity index is 754. The molecule has 0 unspecified atom stereocenters. The van der Waals surface area contributed by atoms with Crippen LogP contribution in [0, 0.1) is 0 Å². The van der Waals surface area contributed by atoms with Gasteiger partial charge in [0.25, 0.3) is 0 Å². The second-order valence-corrected chi connectivity index (χ2v) is 5.32. The molecule has 2 aromatic rings. The van der Waals surface area contributed by atoms with E-state index in [1.54, 1.807) is 24.3 Å². The molecule has 2 rings (SSSR count). The number of carbonyl (C=O) groups excluding carboxylic acids is 1. The number of carboxylic acids is 1. The molecule has 23 heavy (non-hydrogen) atoms. The molecule has 0 atom stereocenters. The molecule has 0 saturated carbocycles. The zero-order valence-corrected chi connectivity index (χ0v) is 13.6. The van der Waals surface area contributed by atoms with Gasteiger partial charge in [0, 0.05) is 0 Å². The summed E-state index contributed by atoms with van der Waals surface area (Å²) in [5.74, 6) is -0.940. The van der Waals surface area contributed by atoms with Crippen molar-refractivity contribution < 1.29 is 24.2 Å². The fraction of sp³-hybridized carbons (Fsp3) is 0.0588. The summed E-state index contributed by atoms with van der Waals surface area (Å²) in [6.45, 7) is 3.91. The quantitative estimate of drug-likeness (QED) is 0.469. The molecule has 118 valence electrons. The first-order valence-corrected chi connectivity index (χ1v) is 7.39. The number of hydrogen-bond donors (Lipinski definition) is 1. The van der Waals surface area contributed by atoms with Crippen molar-refractivity contribution in [1.82, 2.24) is 0 Å². The van der Waals surface area contributed by atoms with E-state index < -0.39 is 11.9 Å². The minimum Gasteiger partial charge on any atom is -0.488 e. The predicted octanol–water partition coefficient (Wildman–Crippen LogP) is 3.93. The van der Waals surface area contributed by atoms with Gasteiger partial charge in [-0.25, -0.2) is 9.59 Å². The predicted molar refractivity (Wildman–Crippen MR) is 88.2 cm³/mol. The Morgan fingerprint density at radius 2 is 1.96 bits per heavy atom. The topological polar surface area (TPSA) is 72.8 Å². The minimum atomic E-state index is -1.09. The van der Waals surface area contributed by atoms with E-state index in [-0.39, 0.29) is 11.3 Å². The Hall–Kier alpha value is -2.60. The molecule has 0 fully saturated rings. The maximum atomic E-state index is 12.1. The highest BCUT2D eigenvalue weighted by molar-refractivity contribution is 9.10. The van der Waals surface area contributed by atoms with E-state index in [1.807, 2.05) is 0 Å². The molecular weight excluding hydrogens is 364 g/mol. The lowest BCUT2D eigenvalue weighted by molar-refractivity contribution is 0.0687. The maximum absolute atomic E-state index is 12.1. The second kappa shape index (κ2) is 7.60. The van der Waals surface area contributed by atoms with Gasteiger partial charge in [0.2, 0.25) is 0 Å². The van der Waals surface area contributed by atoms with E-state index in [9.17, 15) is 9.59 Å². The van der Waals surface area contributed by atoms with Gasteiger partial charge in [-0.1, -0.05) is 18.7 Å². The van der Waals surface area contributed by atoms with Crippen LogP contribution in [0.25, 0.3) is 0 Å². The lowest BCUT2D eigenvalue weighted by atomic mass is 10.2. The monoisotopic (exact) mass is 376 g/mol. The average Bonchev–Trinajstić information content (AvgIpc) is 2.53. The molecule has 0 bridgehead atoms. The molecule has 6 heteroatoms. The standard InChI is InChI=1S/C17H13BrO5/c1-2-8-22-15-7-6-12(10-14(15)18)17(21)23-13-5-3-4-11(9-13)16(19)20/h2-7,9-10H,1,8H2,(H,19,20). The lowest BCUT2D eigenvalue weighted by Gasteiger charge is -2.08. The fourth-order valence-electron chi connectivity index (χ4n) is 1.75. The molecule has 1 N–H and O–H groups in total. The van der Waals surface area contributed by atoms with Crippen LogP contribution >= 0.6 is 15.9 Å². The van der Waals surface area contributed by atoms with Crippen molar-refractivity contribution in [2.75, 3.05) is 6.61 Å². The van der Waals surface area contributed by atoms with Gasteiger partial charge in [0.1, 0.15) is 18.1 Å². The van der Waals surface area contributed by atoms with Crippen molar-refractivity contribution in [1.29, 1.82) is 0 Å². The van der Waals surface area contributed by atoms with Crippen molar-refractivity contribution in [2.24, 2.45) is 0 Å². The van der Waals surface area contributed by atoms with Crippen molar-refractivity contribution in [3.05, 3.63) is 70.7 Å². The van der Waals surface area contributed by atoms with Crippen molar-refractivity contribution >= 4 is 27.9 Å². The molecule has 0 radical (unpaired) electrons. The zero-order valence-electron chi connectivity index (χ0n) is 12.0. The third kappa shape index (κ3) is 4.43. The summed E-state index contributed by atoms with van der Waals surface area (Å²) in [6, 6.07) is 10.5. The molecule has 0 saturated heterocycles. The molecule has 0 heterocycles. The first-order valence-electron chi connectivity index (χ1n) is 6.60. The number of esters is 1. The van der Waals surface area contributed by atoms with Gasteiger partial charge in [-0.05, 0) is 52.3 Å². The molecule has 0 aromatic heterocycles. The van der Waals surface area contributed by atoms with Gasteiger partial charge < -0.3 is 14.6 Å². The highest BCUT2D eigenvalue weighted by Crippen LogP contribution is 2.26. The Balaban J connectivity index is 2.14. The van der Waals surface area contributed by atoms with Gasteiger partial charge >= 0.3 is 11.9 Å². The van der Waals surface area contributed by atoms with Gasteiger partial charge in [0.15, 0.2) is 0 Å². The number of benzene rings is 2. The van der Waals surface area contributed by atoms with Crippen LogP contribution in [0.4, 0.5) is 0 Å². The van der Waals surface area contributed by atoms with Crippen molar-refractivity contribution in [3.63, 3.8) is 0 Å². The number of halogens is 1. The lowest BCUT2D eigenvalue weighted by Crippen LogP contribution is -2.09. The number of carboxylic acid groups (broad SMARTS) is 1. The van der Waals surface area contributed by atoms with Gasteiger partial charge in [-0.2, -0.15) is 0 Å². The highest BCUT2D eigenvalue weighted by atomic mass is 79.9. The molecule has 0 aliphatic rings. The van der Waals surface area contributed by atoms with E-state index in [1.165, 1.54) is 24.3 Å². The Labute approximate surface area is 141 Å². The molecule has 0 aliphatic heterocycles. The van der Waals surface area contributed by atoms with Gasteiger partial charge in [0.05, 0.1) is 15.6 Å². The summed E-state index contributed by atoms with van der Waals surface area (Å²) < 4.78 is 11.2. The molecule has 0 spiro atoms. The van der Waals surface area contributed by atoms with E-state index in [0.29, 0.717) is 22.4 Å². The summed E-state index contributed by atoms with van der Waals surface area (Å²) in [4.78, 5) is 23.0. The Morgan fingerprint density at radius 1 is 1.17 bits per heavy atom. The number of rotatable bonds is 6. The number of hydrogen-bond acceptors (Lipinski definition) is 4.